The van der Waals surface area contributed by atoms with Crippen LogP contribution >= 0.6 is 0 Å². The Labute approximate surface area is 131 Å². The average molecular weight is 352 g/mol. The standard InChI is InChI=1S/C13H15F3N2O4S/c1-2-22-12(19)8-17-4-3-5-18(23(17,20)21)13-10(15)6-9(14)7-11(13)16/h6-7H,2-5,8H2,1H3. The molecule has 1 saturated heterocycles. The predicted octanol–water partition coefficient (Wildman–Crippen LogP) is 1.42. The van der Waals surface area contributed by atoms with Gasteiger partial charge in [-0.25, -0.2) is 13.2 Å². The van der Waals surface area contributed by atoms with Gasteiger partial charge < -0.3 is 4.74 Å². The fourth-order valence-electron chi connectivity index (χ4n) is 2.27. The first-order chi connectivity index (χ1) is 10.8. The molecule has 1 aliphatic rings. The lowest BCUT2D eigenvalue weighted by Crippen LogP contribution is -2.52. The van der Waals surface area contributed by atoms with Crippen LogP contribution in [0.5, 0.6) is 0 Å². The van der Waals surface area contributed by atoms with E-state index in [4.69, 9.17) is 0 Å². The molecule has 0 aliphatic carbocycles. The second-order valence-corrected chi connectivity index (χ2v) is 6.64. The Hall–Kier alpha value is -1.81. The van der Waals surface area contributed by atoms with Crippen molar-refractivity contribution in [2.24, 2.45) is 0 Å². The second kappa shape index (κ2) is 6.75. The Kier molecular flexibility index (Phi) is 5.15. The monoisotopic (exact) mass is 352 g/mol. The summed E-state index contributed by atoms with van der Waals surface area (Å²) in [6.07, 6.45) is 0.245. The van der Waals surface area contributed by atoms with E-state index in [-0.39, 0.29) is 26.1 Å². The average Bonchev–Trinajstić information content (AvgIpc) is 2.42. The molecule has 0 unspecified atom stereocenters. The predicted molar refractivity (Wildman–Crippen MR) is 75.4 cm³/mol. The minimum absolute atomic E-state index is 0.0160. The Balaban J connectivity index is 2.35. The van der Waals surface area contributed by atoms with Gasteiger partial charge in [-0.3, -0.25) is 9.10 Å². The summed E-state index contributed by atoms with van der Waals surface area (Å²) in [5.74, 6) is -4.58. The van der Waals surface area contributed by atoms with Crippen LogP contribution in [0, 0.1) is 17.5 Å². The van der Waals surface area contributed by atoms with E-state index < -0.39 is 45.9 Å². The third-order valence-corrected chi connectivity index (χ3v) is 5.10. The van der Waals surface area contributed by atoms with E-state index >= 15 is 0 Å². The molecular formula is C13H15F3N2O4S. The van der Waals surface area contributed by atoms with Gasteiger partial charge in [-0.05, 0) is 13.3 Å². The molecule has 128 valence electrons. The fourth-order valence-corrected chi connectivity index (χ4v) is 3.94. The van der Waals surface area contributed by atoms with Crippen LogP contribution in [-0.4, -0.2) is 44.9 Å². The van der Waals surface area contributed by atoms with Crippen LogP contribution in [0.25, 0.3) is 0 Å². The molecule has 1 aliphatic heterocycles. The Bertz CT molecular complexity index is 688. The highest BCUT2D eigenvalue weighted by Gasteiger charge is 2.38. The number of halogens is 3. The largest absolute Gasteiger partial charge is 0.465 e. The van der Waals surface area contributed by atoms with Crippen molar-refractivity contribution in [3.8, 4) is 0 Å². The Morgan fingerprint density at radius 3 is 2.39 bits per heavy atom. The van der Waals surface area contributed by atoms with E-state index in [1.54, 1.807) is 6.92 Å². The Morgan fingerprint density at radius 1 is 1.22 bits per heavy atom. The number of benzene rings is 1. The molecule has 0 aromatic heterocycles. The lowest BCUT2D eigenvalue weighted by atomic mass is 10.2. The summed E-state index contributed by atoms with van der Waals surface area (Å²) in [6, 6.07) is 0.802. The van der Waals surface area contributed by atoms with Gasteiger partial charge in [0, 0.05) is 25.2 Å². The van der Waals surface area contributed by atoms with Crippen molar-refractivity contribution in [1.29, 1.82) is 0 Å². The topological polar surface area (TPSA) is 66.9 Å². The minimum atomic E-state index is -4.33. The maximum Gasteiger partial charge on any atom is 0.321 e. The van der Waals surface area contributed by atoms with Crippen molar-refractivity contribution >= 4 is 21.9 Å². The third-order valence-electron chi connectivity index (χ3n) is 3.22. The van der Waals surface area contributed by atoms with E-state index in [1.165, 1.54) is 0 Å². The zero-order chi connectivity index (χ0) is 17.2. The summed E-state index contributed by atoms with van der Waals surface area (Å²) >= 11 is 0. The van der Waals surface area contributed by atoms with Gasteiger partial charge >= 0.3 is 16.2 Å². The summed E-state index contributed by atoms with van der Waals surface area (Å²) in [4.78, 5) is 11.5. The zero-order valence-electron chi connectivity index (χ0n) is 12.3. The molecule has 1 heterocycles. The number of carbonyl (C=O) groups excluding carboxylic acids is 1. The quantitative estimate of drug-likeness (QED) is 0.769. The van der Waals surface area contributed by atoms with Crippen molar-refractivity contribution in [1.82, 2.24) is 4.31 Å². The molecule has 6 nitrogen and oxygen atoms in total. The molecule has 0 spiro atoms. The number of hydrogen-bond donors (Lipinski definition) is 0. The Morgan fingerprint density at radius 2 is 1.83 bits per heavy atom. The van der Waals surface area contributed by atoms with Gasteiger partial charge in [0.05, 0.1) is 6.61 Å². The van der Waals surface area contributed by atoms with Crippen molar-refractivity contribution < 1.29 is 31.1 Å². The maximum absolute atomic E-state index is 13.9. The van der Waals surface area contributed by atoms with Crippen molar-refractivity contribution in [3.63, 3.8) is 0 Å². The lowest BCUT2D eigenvalue weighted by Gasteiger charge is -2.35. The van der Waals surface area contributed by atoms with Crippen molar-refractivity contribution in [2.45, 2.75) is 13.3 Å². The maximum atomic E-state index is 13.9. The second-order valence-electron chi connectivity index (χ2n) is 4.79. The highest BCUT2D eigenvalue weighted by Crippen LogP contribution is 2.30. The zero-order valence-corrected chi connectivity index (χ0v) is 13.1. The van der Waals surface area contributed by atoms with Gasteiger partial charge in [-0.2, -0.15) is 12.7 Å². The van der Waals surface area contributed by atoms with E-state index in [9.17, 15) is 26.4 Å². The molecule has 0 radical (unpaired) electrons. The molecule has 1 fully saturated rings. The van der Waals surface area contributed by atoms with Gasteiger partial charge in [0.1, 0.15) is 18.0 Å². The number of hydrogen-bond acceptors (Lipinski definition) is 4. The van der Waals surface area contributed by atoms with Gasteiger partial charge in [0.25, 0.3) is 0 Å². The number of esters is 1. The number of nitrogens with zero attached hydrogens (tertiary/aromatic N) is 2. The summed E-state index contributed by atoms with van der Waals surface area (Å²) in [5.41, 5.74) is -0.861. The van der Waals surface area contributed by atoms with Crippen LogP contribution in [-0.2, 0) is 19.7 Å². The van der Waals surface area contributed by atoms with E-state index in [2.05, 4.69) is 4.74 Å². The molecule has 1 aromatic rings. The molecule has 0 amide bonds. The van der Waals surface area contributed by atoms with Gasteiger partial charge in [-0.1, -0.05) is 0 Å². The van der Waals surface area contributed by atoms with Crippen molar-refractivity contribution in [3.05, 3.63) is 29.6 Å². The highest BCUT2D eigenvalue weighted by atomic mass is 32.2. The molecule has 23 heavy (non-hydrogen) atoms. The SMILES string of the molecule is CCOC(=O)CN1CCCN(c2c(F)cc(F)cc2F)S1(=O)=O. The number of carbonyl (C=O) groups is 1. The fraction of sp³-hybridized carbons (Fsp3) is 0.462. The van der Waals surface area contributed by atoms with E-state index in [1.807, 2.05) is 0 Å². The summed E-state index contributed by atoms with van der Waals surface area (Å²) in [5, 5.41) is 0. The molecule has 0 bridgehead atoms. The summed E-state index contributed by atoms with van der Waals surface area (Å²) < 4.78 is 71.6. The molecule has 0 saturated carbocycles. The van der Waals surface area contributed by atoms with Crippen LogP contribution in [0.15, 0.2) is 12.1 Å². The summed E-state index contributed by atoms with van der Waals surface area (Å²) in [6.45, 7) is 0.927. The van der Waals surface area contributed by atoms with Crippen LogP contribution in [0.4, 0.5) is 18.9 Å². The molecular weight excluding hydrogens is 337 g/mol. The number of rotatable bonds is 4. The molecule has 0 atom stereocenters. The van der Waals surface area contributed by atoms with Crippen LogP contribution in [0.2, 0.25) is 0 Å². The summed E-state index contributed by atoms with van der Waals surface area (Å²) in [7, 11) is -4.33. The lowest BCUT2D eigenvalue weighted by molar-refractivity contribution is -0.143. The molecule has 10 heteroatoms. The first-order valence-corrected chi connectivity index (χ1v) is 8.25. The highest BCUT2D eigenvalue weighted by molar-refractivity contribution is 7.90. The molecule has 2 rings (SSSR count). The van der Waals surface area contributed by atoms with Crippen LogP contribution < -0.4 is 4.31 Å². The van der Waals surface area contributed by atoms with Gasteiger partial charge in [0.15, 0.2) is 11.6 Å². The normalized spacial score (nSPS) is 18.0. The van der Waals surface area contributed by atoms with E-state index in [0.717, 1.165) is 4.31 Å². The van der Waals surface area contributed by atoms with Crippen LogP contribution in [0.1, 0.15) is 13.3 Å². The minimum Gasteiger partial charge on any atom is -0.465 e. The van der Waals surface area contributed by atoms with Gasteiger partial charge in [-0.15, -0.1) is 0 Å². The van der Waals surface area contributed by atoms with E-state index in [0.29, 0.717) is 16.4 Å². The van der Waals surface area contributed by atoms with Gasteiger partial charge in [0.2, 0.25) is 0 Å². The first kappa shape index (κ1) is 17.5. The number of ether oxygens (including phenoxy) is 1. The molecule has 0 N–H and O–H groups in total. The third kappa shape index (κ3) is 3.58. The molecule has 1 aromatic carbocycles. The van der Waals surface area contributed by atoms with Crippen LogP contribution in [0.3, 0.4) is 0 Å². The number of anilines is 1. The van der Waals surface area contributed by atoms with Crippen molar-refractivity contribution in [2.75, 3.05) is 30.5 Å². The first-order valence-electron chi connectivity index (χ1n) is 6.85. The smallest absolute Gasteiger partial charge is 0.321 e.